The molecular formula is C11H19N3O. The largest absolute Gasteiger partial charge is 0.396 e. The molecule has 0 amide bonds. The molecule has 1 atom stereocenters. The predicted molar refractivity (Wildman–Crippen MR) is 58.9 cm³/mol. The van der Waals surface area contributed by atoms with E-state index in [4.69, 9.17) is 5.11 Å². The summed E-state index contributed by atoms with van der Waals surface area (Å²) in [5.41, 5.74) is 2.38. The summed E-state index contributed by atoms with van der Waals surface area (Å²) in [5, 5.41) is 16.7. The third-order valence-electron chi connectivity index (χ3n) is 3.14. The van der Waals surface area contributed by atoms with Crippen LogP contribution in [-0.2, 0) is 6.42 Å². The van der Waals surface area contributed by atoms with E-state index in [1.54, 1.807) is 0 Å². The van der Waals surface area contributed by atoms with E-state index in [9.17, 15) is 0 Å². The Labute approximate surface area is 90.3 Å². The van der Waals surface area contributed by atoms with Crippen molar-refractivity contribution in [1.29, 1.82) is 0 Å². The van der Waals surface area contributed by atoms with E-state index in [2.05, 4.69) is 22.0 Å². The van der Waals surface area contributed by atoms with Gasteiger partial charge in [0.25, 0.3) is 0 Å². The molecule has 0 saturated carbocycles. The number of hydrogen-bond acceptors (Lipinski definition) is 3. The summed E-state index contributed by atoms with van der Waals surface area (Å²) in [7, 11) is 0. The molecule has 1 fully saturated rings. The molecule has 2 N–H and O–H groups in total. The fraction of sp³-hybridized carbons (Fsp3) is 0.727. The molecule has 1 unspecified atom stereocenters. The molecule has 15 heavy (non-hydrogen) atoms. The first-order chi connectivity index (χ1) is 7.33. The van der Waals surface area contributed by atoms with Gasteiger partial charge in [0, 0.05) is 18.8 Å². The maximum absolute atomic E-state index is 8.91. The molecule has 0 aliphatic carbocycles. The van der Waals surface area contributed by atoms with Gasteiger partial charge in [0.15, 0.2) is 0 Å². The Hall–Kier alpha value is -0.870. The standard InChI is InChI=1S/C11H19N3O/c1-9-10(4-6-15)7-13-14(9)11-3-2-5-12-8-11/h7,11-12,15H,2-6,8H2,1H3. The first-order valence-corrected chi connectivity index (χ1v) is 5.67. The minimum Gasteiger partial charge on any atom is -0.396 e. The maximum Gasteiger partial charge on any atom is 0.0647 e. The Morgan fingerprint density at radius 3 is 3.20 bits per heavy atom. The van der Waals surface area contributed by atoms with Crippen LogP contribution in [0, 0.1) is 6.92 Å². The van der Waals surface area contributed by atoms with Crippen LogP contribution in [0.5, 0.6) is 0 Å². The second kappa shape index (κ2) is 4.77. The second-order valence-corrected chi connectivity index (χ2v) is 4.17. The van der Waals surface area contributed by atoms with Crippen LogP contribution in [0.25, 0.3) is 0 Å². The topological polar surface area (TPSA) is 50.1 Å². The van der Waals surface area contributed by atoms with Crippen LogP contribution < -0.4 is 5.32 Å². The highest BCUT2D eigenvalue weighted by Crippen LogP contribution is 2.19. The fourth-order valence-electron chi connectivity index (χ4n) is 2.24. The Morgan fingerprint density at radius 1 is 1.67 bits per heavy atom. The van der Waals surface area contributed by atoms with E-state index in [1.807, 2.05) is 6.20 Å². The van der Waals surface area contributed by atoms with Crippen LogP contribution in [0.4, 0.5) is 0 Å². The lowest BCUT2D eigenvalue weighted by Crippen LogP contribution is -2.32. The third kappa shape index (κ3) is 2.21. The number of piperidine rings is 1. The highest BCUT2D eigenvalue weighted by atomic mass is 16.2. The van der Waals surface area contributed by atoms with Crippen molar-refractivity contribution in [1.82, 2.24) is 15.1 Å². The number of aliphatic hydroxyl groups is 1. The molecule has 84 valence electrons. The van der Waals surface area contributed by atoms with Crippen molar-refractivity contribution in [2.24, 2.45) is 0 Å². The number of aliphatic hydroxyl groups excluding tert-OH is 1. The molecule has 0 aromatic carbocycles. The van der Waals surface area contributed by atoms with E-state index >= 15 is 0 Å². The van der Waals surface area contributed by atoms with Crippen LogP contribution in [0.2, 0.25) is 0 Å². The zero-order valence-electron chi connectivity index (χ0n) is 9.24. The van der Waals surface area contributed by atoms with Crippen LogP contribution in [0.15, 0.2) is 6.20 Å². The summed E-state index contributed by atoms with van der Waals surface area (Å²) in [4.78, 5) is 0. The number of nitrogens with zero attached hydrogens (tertiary/aromatic N) is 2. The zero-order chi connectivity index (χ0) is 10.7. The normalized spacial score (nSPS) is 21.9. The monoisotopic (exact) mass is 209 g/mol. The molecule has 4 heteroatoms. The Balaban J connectivity index is 2.13. The zero-order valence-corrected chi connectivity index (χ0v) is 9.24. The molecule has 1 aliphatic heterocycles. The Morgan fingerprint density at radius 2 is 2.53 bits per heavy atom. The van der Waals surface area contributed by atoms with Gasteiger partial charge >= 0.3 is 0 Å². The number of hydrogen-bond donors (Lipinski definition) is 2. The van der Waals surface area contributed by atoms with Gasteiger partial charge in [-0.25, -0.2) is 0 Å². The van der Waals surface area contributed by atoms with Gasteiger partial charge in [0.1, 0.15) is 0 Å². The van der Waals surface area contributed by atoms with Gasteiger partial charge in [0.05, 0.1) is 12.2 Å². The van der Waals surface area contributed by atoms with E-state index in [0.717, 1.165) is 13.1 Å². The summed E-state index contributed by atoms with van der Waals surface area (Å²) < 4.78 is 2.11. The fourth-order valence-corrected chi connectivity index (χ4v) is 2.24. The average molecular weight is 209 g/mol. The summed E-state index contributed by atoms with van der Waals surface area (Å²) in [6, 6.07) is 0.492. The molecule has 4 nitrogen and oxygen atoms in total. The maximum atomic E-state index is 8.91. The molecule has 0 radical (unpaired) electrons. The van der Waals surface area contributed by atoms with Gasteiger partial charge in [-0.05, 0) is 38.3 Å². The molecule has 1 aromatic rings. The summed E-state index contributed by atoms with van der Waals surface area (Å²) in [6.07, 6.45) is 5.03. The SMILES string of the molecule is Cc1c(CCO)cnn1C1CCCNC1. The van der Waals surface area contributed by atoms with Gasteiger partial charge in [-0.1, -0.05) is 0 Å². The Kier molecular flexibility index (Phi) is 3.38. The number of aromatic nitrogens is 2. The van der Waals surface area contributed by atoms with Crippen molar-refractivity contribution in [3.05, 3.63) is 17.5 Å². The Bertz CT molecular complexity index is 316. The lowest BCUT2D eigenvalue weighted by Gasteiger charge is -2.24. The van der Waals surface area contributed by atoms with E-state index in [-0.39, 0.29) is 6.61 Å². The van der Waals surface area contributed by atoms with Crippen molar-refractivity contribution in [3.63, 3.8) is 0 Å². The molecule has 2 heterocycles. The average Bonchev–Trinajstić information content (AvgIpc) is 2.63. The van der Waals surface area contributed by atoms with Gasteiger partial charge in [-0.3, -0.25) is 4.68 Å². The minimum atomic E-state index is 0.204. The molecule has 1 aliphatic rings. The highest BCUT2D eigenvalue weighted by molar-refractivity contribution is 5.17. The summed E-state index contributed by atoms with van der Waals surface area (Å²) >= 11 is 0. The summed E-state index contributed by atoms with van der Waals surface area (Å²) in [5.74, 6) is 0. The van der Waals surface area contributed by atoms with Gasteiger partial charge in [-0.2, -0.15) is 5.10 Å². The quantitative estimate of drug-likeness (QED) is 0.768. The van der Waals surface area contributed by atoms with Crippen LogP contribution >= 0.6 is 0 Å². The van der Waals surface area contributed by atoms with Crippen molar-refractivity contribution in [2.75, 3.05) is 19.7 Å². The van der Waals surface area contributed by atoms with E-state index in [0.29, 0.717) is 12.5 Å². The number of nitrogens with one attached hydrogen (secondary N) is 1. The second-order valence-electron chi connectivity index (χ2n) is 4.17. The highest BCUT2D eigenvalue weighted by Gasteiger charge is 2.18. The lowest BCUT2D eigenvalue weighted by atomic mass is 10.1. The first kappa shape index (κ1) is 10.6. The van der Waals surface area contributed by atoms with Gasteiger partial charge in [0.2, 0.25) is 0 Å². The smallest absolute Gasteiger partial charge is 0.0647 e. The molecule has 1 aromatic heterocycles. The summed E-state index contributed by atoms with van der Waals surface area (Å²) in [6.45, 7) is 4.43. The van der Waals surface area contributed by atoms with Crippen LogP contribution in [-0.4, -0.2) is 34.6 Å². The first-order valence-electron chi connectivity index (χ1n) is 5.67. The molecular weight excluding hydrogens is 190 g/mol. The third-order valence-corrected chi connectivity index (χ3v) is 3.14. The minimum absolute atomic E-state index is 0.204. The van der Waals surface area contributed by atoms with Gasteiger partial charge < -0.3 is 10.4 Å². The molecule has 0 spiro atoms. The number of rotatable bonds is 3. The van der Waals surface area contributed by atoms with Crippen molar-refractivity contribution in [2.45, 2.75) is 32.2 Å². The van der Waals surface area contributed by atoms with Crippen molar-refractivity contribution in [3.8, 4) is 0 Å². The molecule has 0 bridgehead atoms. The predicted octanol–water partition coefficient (Wildman–Crippen LogP) is 0.651. The van der Waals surface area contributed by atoms with Crippen molar-refractivity contribution < 1.29 is 5.11 Å². The van der Waals surface area contributed by atoms with E-state index < -0.39 is 0 Å². The van der Waals surface area contributed by atoms with Crippen LogP contribution in [0.1, 0.15) is 30.1 Å². The van der Waals surface area contributed by atoms with Crippen molar-refractivity contribution >= 4 is 0 Å². The van der Waals surface area contributed by atoms with E-state index in [1.165, 1.54) is 24.1 Å². The van der Waals surface area contributed by atoms with Gasteiger partial charge in [-0.15, -0.1) is 0 Å². The molecule has 2 rings (SSSR count). The lowest BCUT2D eigenvalue weighted by molar-refractivity contribution is 0.299. The molecule has 1 saturated heterocycles. The van der Waals surface area contributed by atoms with Crippen LogP contribution in [0.3, 0.4) is 0 Å².